The third kappa shape index (κ3) is 4.37. The summed E-state index contributed by atoms with van der Waals surface area (Å²) in [6.45, 7) is 1.57. The number of carbonyl (C=O) groups is 1. The van der Waals surface area contributed by atoms with Gasteiger partial charge in [-0.05, 0) is 24.6 Å². The quantitative estimate of drug-likeness (QED) is 0.818. The lowest BCUT2D eigenvalue weighted by atomic mass is 10.0. The number of carbonyl (C=O) groups excluding carboxylic acids is 1. The monoisotopic (exact) mass is 334 g/mol. The van der Waals surface area contributed by atoms with Gasteiger partial charge >= 0.3 is 0 Å². The number of halogens is 2. The average molecular weight is 334 g/mol. The van der Waals surface area contributed by atoms with Gasteiger partial charge in [-0.2, -0.15) is 0 Å². The number of nitrogens with zero attached hydrogens (tertiary/aromatic N) is 1. The fourth-order valence-electron chi connectivity index (χ4n) is 2.64. The molecule has 0 aliphatic heterocycles. The Morgan fingerprint density at radius 3 is 2.25 bits per heavy atom. The van der Waals surface area contributed by atoms with Crippen LogP contribution in [-0.4, -0.2) is 29.0 Å². The van der Waals surface area contributed by atoms with Crippen molar-refractivity contribution in [3.63, 3.8) is 0 Å². The summed E-state index contributed by atoms with van der Waals surface area (Å²) in [6.07, 6.45) is -1.42. The summed E-state index contributed by atoms with van der Waals surface area (Å²) < 4.78 is 27.7. The van der Waals surface area contributed by atoms with E-state index >= 15 is 0 Å². The van der Waals surface area contributed by atoms with Crippen LogP contribution in [0.15, 0.2) is 48.5 Å². The molecule has 128 valence electrons. The van der Waals surface area contributed by atoms with E-state index in [4.69, 9.17) is 5.73 Å². The summed E-state index contributed by atoms with van der Waals surface area (Å²) >= 11 is 0. The third-order valence-electron chi connectivity index (χ3n) is 3.93. The maximum atomic E-state index is 13.8. The largest absolute Gasteiger partial charge is 0.387 e. The van der Waals surface area contributed by atoms with Gasteiger partial charge in [-0.15, -0.1) is 0 Å². The summed E-state index contributed by atoms with van der Waals surface area (Å²) in [5.41, 5.74) is 5.77. The molecule has 6 heteroatoms. The molecule has 0 aromatic heterocycles. The highest BCUT2D eigenvalue weighted by Crippen LogP contribution is 2.26. The molecule has 3 N–H and O–H groups in total. The predicted octanol–water partition coefficient (Wildman–Crippen LogP) is 2.55. The minimum atomic E-state index is -1.42. The Labute approximate surface area is 139 Å². The van der Waals surface area contributed by atoms with E-state index < -0.39 is 29.2 Å². The van der Waals surface area contributed by atoms with E-state index in [1.165, 1.54) is 6.07 Å². The van der Waals surface area contributed by atoms with Crippen molar-refractivity contribution < 1.29 is 18.7 Å². The van der Waals surface area contributed by atoms with Crippen LogP contribution >= 0.6 is 0 Å². The molecule has 0 bridgehead atoms. The molecule has 2 atom stereocenters. The number of hydrogen-bond acceptors (Lipinski definition) is 3. The van der Waals surface area contributed by atoms with Crippen LogP contribution in [-0.2, 0) is 4.79 Å². The third-order valence-corrected chi connectivity index (χ3v) is 3.93. The molecule has 2 aromatic rings. The molecule has 0 saturated heterocycles. The minimum absolute atomic E-state index is 0.128. The van der Waals surface area contributed by atoms with Crippen LogP contribution in [0.25, 0.3) is 0 Å². The molecular formula is C18H20F2N2O2. The highest BCUT2D eigenvalue weighted by molar-refractivity contribution is 5.76. The number of aliphatic hydroxyl groups is 1. The lowest BCUT2D eigenvalue weighted by molar-refractivity contribution is -0.120. The molecule has 0 heterocycles. The van der Waals surface area contributed by atoms with Gasteiger partial charge in [0.25, 0.3) is 0 Å². The first-order valence-electron chi connectivity index (χ1n) is 7.59. The van der Waals surface area contributed by atoms with E-state index in [-0.39, 0.29) is 19.1 Å². The molecule has 0 saturated carbocycles. The van der Waals surface area contributed by atoms with E-state index in [1.807, 2.05) is 37.3 Å². The smallest absolute Gasteiger partial charge is 0.231 e. The van der Waals surface area contributed by atoms with Crippen molar-refractivity contribution in [2.24, 2.45) is 5.73 Å². The number of amides is 1. The van der Waals surface area contributed by atoms with Crippen LogP contribution in [0.4, 0.5) is 8.78 Å². The first-order valence-corrected chi connectivity index (χ1v) is 7.59. The number of benzene rings is 2. The average Bonchev–Trinajstić information content (AvgIpc) is 2.54. The Hall–Kier alpha value is -2.31. The maximum absolute atomic E-state index is 13.8. The van der Waals surface area contributed by atoms with Crippen LogP contribution in [0.3, 0.4) is 0 Å². The Balaban J connectivity index is 2.24. The van der Waals surface area contributed by atoms with Gasteiger partial charge in [0.05, 0.1) is 18.2 Å². The lowest BCUT2D eigenvalue weighted by Gasteiger charge is -2.30. The second-order valence-electron chi connectivity index (χ2n) is 5.63. The fraction of sp³-hybridized carbons (Fsp3) is 0.278. The molecule has 0 radical (unpaired) electrons. The predicted molar refractivity (Wildman–Crippen MR) is 86.9 cm³/mol. The number of nitrogens with two attached hydrogens (primary N) is 1. The highest BCUT2D eigenvalue weighted by Gasteiger charge is 2.25. The molecule has 0 aliphatic carbocycles. The van der Waals surface area contributed by atoms with Gasteiger partial charge in [0.2, 0.25) is 5.91 Å². The van der Waals surface area contributed by atoms with Crippen LogP contribution < -0.4 is 5.73 Å². The van der Waals surface area contributed by atoms with Crippen molar-refractivity contribution in [3.05, 3.63) is 71.3 Å². The van der Waals surface area contributed by atoms with Crippen LogP contribution in [0.1, 0.15) is 30.2 Å². The molecule has 0 aliphatic rings. The molecule has 0 fully saturated rings. The molecule has 1 unspecified atom stereocenters. The zero-order valence-corrected chi connectivity index (χ0v) is 13.3. The topological polar surface area (TPSA) is 66.6 Å². The van der Waals surface area contributed by atoms with Gasteiger partial charge in [0.15, 0.2) is 0 Å². The van der Waals surface area contributed by atoms with Gasteiger partial charge in [0, 0.05) is 12.6 Å². The van der Waals surface area contributed by atoms with Gasteiger partial charge in [-0.3, -0.25) is 9.69 Å². The van der Waals surface area contributed by atoms with E-state index in [1.54, 1.807) is 4.90 Å². The molecule has 4 nitrogen and oxygen atoms in total. The zero-order chi connectivity index (χ0) is 17.7. The summed E-state index contributed by atoms with van der Waals surface area (Å²) in [5, 5.41) is 10.3. The summed E-state index contributed by atoms with van der Waals surface area (Å²) in [7, 11) is 0. The van der Waals surface area contributed by atoms with Crippen molar-refractivity contribution in [2.45, 2.75) is 19.1 Å². The van der Waals surface area contributed by atoms with Crippen molar-refractivity contribution in [1.82, 2.24) is 4.90 Å². The Kier molecular flexibility index (Phi) is 6.00. The van der Waals surface area contributed by atoms with Crippen molar-refractivity contribution in [1.29, 1.82) is 0 Å². The molecule has 1 amide bonds. The lowest BCUT2D eigenvalue weighted by Crippen LogP contribution is -2.38. The Morgan fingerprint density at radius 2 is 1.71 bits per heavy atom. The van der Waals surface area contributed by atoms with Crippen molar-refractivity contribution in [2.75, 3.05) is 13.1 Å². The fourth-order valence-corrected chi connectivity index (χ4v) is 2.64. The van der Waals surface area contributed by atoms with Crippen molar-refractivity contribution in [3.8, 4) is 0 Å². The minimum Gasteiger partial charge on any atom is -0.387 e. The molecule has 0 spiro atoms. The molecular weight excluding hydrogens is 314 g/mol. The molecule has 2 rings (SSSR count). The normalized spacial score (nSPS) is 13.7. The number of rotatable bonds is 7. The standard InChI is InChI=1S/C18H20F2N2O2/c1-12(13-6-3-2-4-7-13)22(11-17(21)24)10-16(23)18-14(19)8-5-9-15(18)20/h2-9,12,16,23H,10-11H2,1H3,(H2,21,24)/t12-,16?/m1/s1. The van der Waals surface area contributed by atoms with Gasteiger partial charge in [0.1, 0.15) is 11.6 Å². The van der Waals surface area contributed by atoms with Gasteiger partial charge in [-0.1, -0.05) is 36.4 Å². The summed E-state index contributed by atoms with van der Waals surface area (Å²) in [5.74, 6) is -2.23. The van der Waals surface area contributed by atoms with Crippen molar-refractivity contribution >= 4 is 5.91 Å². The van der Waals surface area contributed by atoms with Crippen LogP contribution in [0.2, 0.25) is 0 Å². The molecule has 2 aromatic carbocycles. The number of aliphatic hydroxyl groups excluding tert-OH is 1. The first-order chi connectivity index (χ1) is 11.4. The van der Waals surface area contributed by atoms with Crippen LogP contribution in [0, 0.1) is 11.6 Å². The van der Waals surface area contributed by atoms with E-state index in [2.05, 4.69) is 0 Å². The number of primary amides is 1. The Morgan fingerprint density at radius 1 is 1.12 bits per heavy atom. The van der Waals surface area contributed by atoms with Gasteiger partial charge < -0.3 is 10.8 Å². The molecule has 24 heavy (non-hydrogen) atoms. The second kappa shape index (κ2) is 7.99. The van der Waals surface area contributed by atoms with E-state index in [9.17, 15) is 18.7 Å². The second-order valence-corrected chi connectivity index (χ2v) is 5.63. The first kappa shape index (κ1) is 18.0. The summed E-state index contributed by atoms with van der Waals surface area (Å²) in [4.78, 5) is 12.9. The highest BCUT2D eigenvalue weighted by atomic mass is 19.1. The van der Waals surface area contributed by atoms with Gasteiger partial charge in [-0.25, -0.2) is 8.78 Å². The SMILES string of the molecule is C[C@H](c1ccccc1)N(CC(N)=O)CC(O)c1c(F)cccc1F. The van der Waals surface area contributed by atoms with Crippen LogP contribution in [0.5, 0.6) is 0 Å². The van der Waals surface area contributed by atoms with E-state index in [0.29, 0.717) is 0 Å². The maximum Gasteiger partial charge on any atom is 0.231 e. The zero-order valence-electron chi connectivity index (χ0n) is 13.3. The Bertz CT molecular complexity index is 674. The van der Waals surface area contributed by atoms with E-state index in [0.717, 1.165) is 17.7 Å². The number of hydrogen-bond donors (Lipinski definition) is 2. The summed E-state index contributed by atoms with van der Waals surface area (Å²) in [6, 6.07) is 12.4.